The normalized spacial score (nSPS) is 14.7. The number of nitrogens with one attached hydrogen (secondary N) is 1. The first-order valence-corrected chi connectivity index (χ1v) is 11.7. The second-order valence-electron chi connectivity index (χ2n) is 9.57. The molecule has 0 unspecified atom stereocenters. The molecule has 1 fully saturated rings. The molecule has 178 valence electrons. The summed E-state index contributed by atoms with van der Waals surface area (Å²) in [4.78, 5) is 28.1. The average Bonchev–Trinajstić information content (AvgIpc) is 2.84. The van der Waals surface area contributed by atoms with E-state index in [-0.39, 0.29) is 5.41 Å². The van der Waals surface area contributed by atoms with Gasteiger partial charge in [0.2, 0.25) is 0 Å². The van der Waals surface area contributed by atoms with Gasteiger partial charge in [0, 0.05) is 36.3 Å². The van der Waals surface area contributed by atoms with Crippen molar-refractivity contribution in [1.29, 1.82) is 0 Å². The number of hydrogen-bond donors (Lipinski definition) is 1. The van der Waals surface area contributed by atoms with Crippen molar-refractivity contribution in [3.63, 3.8) is 0 Å². The molecule has 4 rings (SSSR count). The SMILES string of the molecule is CC(C)(C)c1ccc(NC(=O)C(=O)c2ccc(OCCN3CCOCC3)c3ccccc23)cc1. The van der Waals surface area contributed by atoms with E-state index in [1.807, 2.05) is 48.5 Å². The average molecular weight is 461 g/mol. The summed E-state index contributed by atoms with van der Waals surface area (Å²) in [5.41, 5.74) is 2.13. The van der Waals surface area contributed by atoms with Crippen molar-refractivity contribution in [1.82, 2.24) is 4.90 Å². The molecular formula is C28H32N2O4. The van der Waals surface area contributed by atoms with Gasteiger partial charge in [0.25, 0.3) is 11.7 Å². The highest BCUT2D eigenvalue weighted by atomic mass is 16.5. The number of amides is 1. The van der Waals surface area contributed by atoms with Crippen molar-refractivity contribution < 1.29 is 19.1 Å². The molecule has 0 bridgehead atoms. The summed E-state index contributed by atoms with van der Waals surface area (Å²) < 4.78 is 11.4. The molecule has 1 amide bonds. The monoisotopic (exact) mass is 460 g/mol. The molecule has 0 saturated carbocycles. The number of anilines is 1. The third-order valence-electron chi connectivity index (χ3n) is 6.11. The number of carbonyl (C=O) groups excluding carboxylic acids is 2. The Hall–Kier alpha value is -3.22. The lowest BCUT2D eigenvalue weighted by Gasteiger charge is -2.26. The Bertz CT molecular complexity index is 1160. The molecule has 0 aromatic heterocycles. The van der Waals surface area contributed by atoms with Crippen molar-refractivity contribution in [3.05, 3.63) is 71.8 Å². The molecule has 1 heterocycles. The Morgan fingerprint density at radius 3 is 2.29 bits per heavy atom. The van der Waals surface area contributed by atoms with E-state index in [1.54, 1.807) is 12.1 Å². The van der Waals surface area contributed by atoms with Crippen LogP contribution in [0, 0.1) is 0 Å². The zero-order valence-corrected chi connectivity index (χ0v) is 20.1. The van der Waals surface area contributed by atoms with Crippen molar-refractivity contribution in [2.24, 2.45) is 0 Å². The maximum absolute atomic E-state index is 13.0. The van der Waals surface area contributed by atoms with Crippen LogP contribution in [-0.2, 0) is 14.9 Å². The van der Waals surface area contributed by atoms with Crippen molar-refractivity contribution in [3.8, 4) is 5.75 Å². The van der Waals surface area contributed by atoms with Gasteiger partial charge in [0.15, 0.2) is 0 Å². The molecule has 6 nitrogen and oxygen atoms in total. The van der Waals surface area contributed by atoms with Gasteiger partial charge >= 0.3 is 0 Å². The third kappa shape index (κ3) is 5.64. The zero-order valence-electron chi connectivity index (χ0n) is 20.1. The van der Waals surface area contributed by atoms with E-state index in [2.05, 4.69) is 31.0 Å². The number of Topliss-reactive ketones (excluding diaryl/α,β-unsaturated/α-hetero) is 1. The molecule has 0 spiro atoms. The van der Waals surface area contributed by atoms with Crippen LogP contribution in [0.15, 0.2) is 60.7 Å². The predicted molar refractivity (Wildman–Crippen MR) is 135 cm³/mol. The molecule has 1 N–H and O–H groups in total. The Balaban J connectivity index is 1.47. The van der Waals surface area contributed by atoms with Gasteiger partial charge in [-0.25, -0.2) is 0 Å². The fraction of sp³-hybridized carbons (Fsp3) is 0.357. The lowest BCUT2D eigenvalue weighted by atomic mass is 9.87. The molecular weight excluding hydrogens is 428 g/mol. The fourth-order valence-corrected chi connectivity index (χ4v) is 4.07. The molecule has 3 aromatic rings. The van der Waals surface area contributed by atoms with Gasteiger partial charge in [-0.05, 0) is 40.6 Å². The number of rotatable bonds is 7. The highest BCUT2D eigenvalue weighted by molar-refractivity contribution is 6.48. The van der Waals surface area contributed by atoms with Gasteiger partial charge in [-0.2, -0.15) is 0 Å². The highest BCUT2D eigenvalue weighted by Crippen LogP contribution is 2.29. The number of hydrogen-bond acceptors (Lipinski definition) is 5. The first kappa shape index (κ1) is 23.9. The van der Waals surface area contributed by atoms with Gasteiger partial charge in [-0.1, -0.05) is 57.2 Å². The standard InChI is InChI=1S/C28H32N2O4/c1-28(2,3)20-8-10-21(11-9-20)29-27(32)26(31)24-12-13-25(23-7-5-4-6-22(23)24)34-19-16-30-14-17-33-18-15-30/h4-13H,14-19H2,1-3H3,(H,29,32). The van der Waals surface area contributed by atoms with Gasteiger partial charge in [0.1, 0.15) is 12.4 Å². The quantitative estimate of drug-likeness (QED) is 0.410. The van der Waals surface area contributed by atoms with Crippen LogP contribution in [0.2, 0.25) is 0 Å². The molecule has 34 heavy (non-hydrogen) atoms. The van der Waals surface area contributed by atoms with Crippen LogP contribution < -0.4 is 10.1 Å². The maximum atomic E-state index is 13.0. The number of morpholine rings is 1. The Morgan fingerprint density at radius 2 is 1.62 bits per heavy atom. The summed E-state index contributed by atoms with van der Waals surface area (Å²) in [7, 11) is 0. The van der Waals surface area contributed by atoms with Crippen LogP contribution in [0.5, 0.6) is 5.75 Å². The summed E-state index contributed by atoms with van der Waals surface area (Å²) >= 11 is 0. The van der Waals surface area contributed by atoms with Crippen LogP contribution in [0.1, 0.15) is 36.7 Å². The molecule has 3 aromatic carbocycles. The number of benzene rings is 3. The lowest BCUT2D eigenvalue weighted by molar-refractivity contribution is -0.112. The highest BCUT2D eigenvalue weighted by Gasteiger charge is 2.21. The minimum absolute atomic E-state index is 0.0171. The molecule has 1 saturated heterocycles. The summed E-state index contributed by atoms with van der Waals surface area (Å²) in [6.45, 7) is 11.1. The van der Waals surface area contributed by atoms with Gasteiger partial charge in [-0.3, -0.25) is 14.5 Å². The van der Waals surface area contributed by atoms with E-state index in [1.165, 1.54) is 0 Å². The zero-order chi connectivity index (χ0) is 24.1. The second kappa shape index (κ2) is 10.4. The fourth-order valence-electron chi connectivity index (χ4n) is 4.07. The topological polar surface area (TPSA) is 67.9 Å². The molecule has 6 heteroatoms. The third-order valence-corrected chi connectivity index (χ3v) is 6.11. The van der Waals surface area contributed by atoms with Gasteiger partial charge in [-0.15, -0.1) is 0 Å². The first-order chi connectivity index (χ1) is 16.3. The number of fused-ring (bicyclic) bond motifs is 1. The van der Waals surface area contributed by atoms with Crippen molar-refractivity contribution >= 4 is 28.2 Å². The van der Waals surface area contributed by atoms with E-state index in [0.717, 1.165) is 43.8 Å². The second-order valence-corrected chi connectivity index (χ2v) is 9.57. The Labute approximate surface area is 200 Å². The Kier molecular flexibility index (Phi) is 7.29. The summed E-state index contributed by atoms with van der Waals surface area (Å²) in [6, 6.07) is 18.6. The van der Waals surface area contributed by atoms with Gasteiger partial charge in [0.05, 0.1) is 13.2 Å². The molecule has 1 aliphatic heterocycles. The Morgan fingerprint density at radius 1 is 0.941 bits per heavy atom. The van der Waals surface area contributed by atoms with Crippen LogP contribution in [0.25, 0.3) is 10.8 Å². The summed E-state index contributed by atoms with van der Waals surface area (Å²) in [6.07, 6.45) is 0. The van der Waals surface area contributed by atoms with E-state index in [0.29, 0.717) is 29.0 Å². The minimum Gasteiger partial charge on any atom is -0.492 e. The molecule has 1 aliphatic rings. The lowest BCUT2D eigenvalue weighted by Crippen LogP contribution is -2.38. The maximum Gasteiger partial charge on any atom is 0.296 e. The number of ketones is 1. The van der Waals surface area contributed by atoms with Crippen LogP contribution in [0.4, 0.5) is 5.69 Å². The number of ether oxygens (including phenoxy) is 2. The molecule has 0 atom stereocenters. The smallest absolute Gasteiger partial charge is 0.296 e. The summed E-state index contributed by atoms with van der Waals surface area (Å²) in [5, 5.41) is 4.25. The number of carbonyl (C=O) groups is 2. The van der Waals surface area contributed by atoms with E-state index < -0.39 is 11.7 Å². The van der Waals surface area contributed by atoms with Crippen molar-refractivity contribution in [2.45, 2.75) is 26.2 Å². The predicted octanol–water partition coefficient (Wildman–Crippen LogP) is 4.67. The van der Waals surface area contributed by atoms with Crippen LogP contribution in [-0.4, -0.2) is 56.0 Å². The van der Waals surface area contributed by atoms with E-state index in [4.69, 9.17) is 9.47 Å². The largest absolute Gasteiger partial charge is 0.492 e. The molecule has 0 radical (unpaired) electrons. The molecule has 0 aliphatic carbocycles. The minimum atomic E-state index is -0.658. The van der Waals surface area contributed by atoms with E-state index in [9.17, 15) is 9.59 Å². The number of nitrogens with zero attached hydrogens (tertiary/aromatic N) is 1. The van der Waals surface area contributed by atoms with E-state index >= 15 is 0 Å². The van der Waals surface area contributed by atoms with Crippen LogP contribution in [0.3, 0.4) is 0 Å². The summed E-state index contributed by atoms with van der Waals surface area (Å²) in [5.74, 6) is -0.524. The van der Waals surface area contributed by atoms with Crippen LogP contribution >= 0.6 is 0 Å². The first-order valence-electron chi connectivity index (χ1n) is 11.7. The van der Waals surface area contributed by atoms with Crippen molar-refractivity contribution in [2.75, 3.05) is 44.8 Å². The van der Waals surface area contributed by atoms with Gasteiger partial charge < -0.3 is 14.8 Å².